The number of thiophene rings is 1. The maximum absolute atomic E-state index is 12.5. The lowest BCUT2D eigenvalue weighted by molar-refractivity contribution is 0.0951. The summed E-state index contributed by atoms with van der Waals surface area (Å²) in [7, 11) is 0. The maximum Gasteiger partial charge on any atom is 0.255 e. The van der Waals surface area contributed by atoms with Gasteiger partial charge < -0.3 is 5.32 Å². The Labute approximate surface area is 142 Å². The summed E-state index contributed by atoms with van der Waals surface area (Å²) in [5, 5.41) is 7.65. The summed E-state index contributed by atoms with van der Waals surface area (Å²) in [5.74, 6) is -0.0748. The Hall–Kier alpha value is -2.11. The summed E-state index contributed by atoms with van der Waals surface area (Å²) in [4.78, 5) is 13.4. The smallest absolute Gasteiger partial charge is 0.255 e. The normalized spacial score (nSPS) is 14.0. The average Bonchev–Trinajstić information content (AvgIpc) is 3.10. The molecule has 0 aliphatic heterocycles. The van der Waals surface area contributed by atoms with Crippen molar-refractivity contribution in [3.63, 3.8) is 0 Å². The van der Waals surface area contributed by atoms with Crippen molar-refractivity contribution < 1.29 is 4.79 Å². The number of hydrogen-bond donors (Lipinski definition) is 1. The van der Waals surface area contributed by atoms with Crippen LogP contribution >= 0.6 is 22.9 Å². The van der Waals surface area contributed by atoms with Crippen LogP contribution in [0.1, 0.15) is 23.2 Å². The molecule has 4 nitrogen and oxygen atoms in total. The predicted octanol–water partition coefficient (Wildman–Crippen LogP) is 4.15. The average molecular weight is 344 g/mol. The minimum atomic E-state index is -0.0748. The van der Waals surface area contributed by atoms with Gasteiger partial charge in [0.25, 0.3) is 5.91 Å². The van der Waals surface area contributed by atoms with Gasteiger partial charge >= 0.3 is 0 Å². The standard InChI is InChI=1S/C17H14ClN3OS/c18-15-9-8-14(23-15)16-13(17(22)19-11-6-7-11)10-21(20-16)12-4-2-1-3-5-12/h1-5,8-11H,6-7H2,(H,19,22). The van der Waals surface area contributed by atoms with Gasteiger partial charge in [0.2, 0.25) is 0 Å². The lowest BCUT2D eigenvalue weighted by Gasteiger charge is -2.01. The van der Waals surface area contributed by atoms with Crippen LogP contribution in [0.2, 0.25) is 4.34 Å². The quantitative estimate of drug-likeness (QED) is 0.773. The number of aromatic nitrogens is 2. The van der Waals surface area contributed by atoms with Crippen molar-refractivity contribution in [3.05, 3.63) is 58.6 Å². The van der Waals surface area contributed by atoms with E-state index in [4.69, 9.17) is 11.6 Å². The van der Waals surface area contributed by atoms with Crippen molar-refractivity contribution >= 4 is 28.8 Å². The molecule has 0 saturated heterocycles. The van der Waals surface area contributed by atoms with E-state index in [2.05, 4.69) is 10.4 Å². The first-order valence-corrected chi connectivity index (χ1v) is 8.62. The van der Waals surface area contributed by atoms with Gasteiger partial charge in [-0.25, -0.2) is 4.68 Å². The number of hydrogen-bond acceptors (Lipinski definition) is 3. The van der Waals surface area contributed by atoms with Gasteiger partial charge in [-0.1, -0.05) is 29.8 Å². The Bertz CT molecular complexity index is 852. The topological polar surface area (TPSA) is 46.9 Å². The van der Waals surface area contributed by atoms with Gasteiger partial charge in [-0.15, -0.1) is 11.3 Å². The van der Waals surface area contributed by atoms with E-state index >= 15 is 0 Å². The molecule has 2 aromatic heterocycles. The van der Waals surface area contributed by atoms with Crippen LogP contribution in [0, 0.1) is 0 Å². The summed E-state index contributed by atoms with van der Waals surface area (Å²) in [6.07, 6.45) is 3.90. The van der Waals surface area contributed by atoms with Crippen molar-refractivity contribution in [1.29, 1.82) is 0 Å². The predicted molar refractivity (Wildman–Crippen MR) is 92.4 cm³/mol. The van der Waals surface area contributed by atoms with Crippen LogP contribution in [-0.4, -0.2) is 21.7 Å². The van der Waals surface area contributed by atoms with Gasteiger partial charge in [0.15, 0.2) is 0 Å². The van der Waals surface area contributed by atoms with E-state index < -0.39 is 0 Å². The number of benzene rings is 1. The summed E-state index contributed by atoms with van der Waals surface area (Å²) in [6, 6.07) is 13.8. The maximum atomic E-state index is 12.5. The molecule has 1 saturated carbocycles. The summed E-state index contributed by atoms with van der Waals surface area (Å²) in [5.41, 5.74) is 2.17. The van der Waals surface area contributed by atoms with Crippen molar-refractivity contribution in [3.8, 4) is 16.3 Å². The van der Waals surface area contributed by atoms with Crippen LogP contribution in [0.25, 0.3) is 16.3 Å². The zero-order valence-corrected chi connectivity index (χ0v) is 13.8. The lowest BCUT2D eigenvalue weighted by Crippen LogP contribution is -2.25. The molecule has 0 radical (unpaired) electrons. The summed E-state index contributed by atoms with van der Waals surface area (Å²) in [6.45, 7) is 0. The molecule has 116 valence electrons. The highest BCUT2D eigenvalue weighted by Gasteiger charge is 2.27. The highest BCUT2D eigenvalue weighted by molar-refractivity contribution is 7.19. The molecule has 0 atom stereocenters. The van der Waals surface area contributed by atoms with Gasteiger partial charge in [0.1, 0.15) is 5.69 Å². The SMILES string of the molecule is O=C(NC1CC1)c1cn(-c2ccccc2)nc1-c1ccc(Cl)s1. The van der Waals surface area contributed by atoms with Crippen molar-refractivity contribution in [1.82, 2.24) is 15.1 Å². The Morgan fingerprint density at radius 2 is 2.00 bits per heavy atom. The minimum absolute atomic E-state index is 0.0748. The number of carbonyl (C=O) groups is 1. The number of halogens is 1. The van der Waals surface area contributed by atoms with Gasteiger partial charge in [-0.3, -0.25) is 4.79 Å². The molecular formula is C17H14ClN3OS. The molecule has 4 rings (SSSR count). The van der Waals surface area contributed by atoms with E-state index in [1.807, 2.05) is 42.5 Å². The molecule has 1 fully saturated rings. The second-order valence-electron chi connectivity index (χ2n) is 5.52. The Morgan fingerprint density at radius 1 is 1.22 bits per heavy atom. The number of nitrogens with zero attached hydrogens (tertiary/aromatic N) is 2. The van der Waals surface area contributed by atoms with E-state index in [9.17, 15) is 4.79 Å². The minimum Gasteiger partial charge on any atom is -0.349 e. The molecule has 3 aromatic rings. The van der Waals surface area contributed by atoms with Gasteiger partial charge in [-0.2, -0.15) is 5.10 Å². The zero-order valence-electron chi connectivity index (χ0n) is 12.2. The monoisotopic (exact) mass is 343 g/mol. The molecule has 0 unspecified atom stereocenters. The van der Waals surface area contributed by atoms with Crippen LogP contribution in [-0.2, 0) is 0 Å². The number of para-hydroxylation sites is 1. The van der Waals surface area contributed by atoms with Crippen LogP contribution in [0.4, 0.5) is 0 Å². The molecule has 1 amide bonds. The molecule has 6 heteroatoms. The molecule has 1 aliphatic carbocycles. The first kappa shape index (κ1) is 14.5. The Kier molecular flexibility index (Phi) is 3.67. The van der Waals surface area contributed by atoms with E-state index in [0.29, 0.717) is 21.6 Å². The number of nitrogens with one attached hydrogen (secondary N) is 1. The van der Waals surface area contributed by atoms with Crippen LogP contribution in [0.5, 0.6) is 0 Å². The third kappa shape index (κ3) is 3.02. The molecule has 1 aromatic carbocycles. The highest BCUT2D eigenvalue weighted by atomic mass is 35.5. The van der Waals surface area contributed by atoms with Crippen LogP contribution in [0.15, 0.2) is 48.7 Å². The summed E-state index contributed by atoms with van der Waals surface area (Å²) >= 11 is 7.47. The summed E-state index contributed by atoms with van der Waals surface area (Å²) < 4.78 is 2.42. The van der Waals surface area contributed by atoms with E-state index in [-0.39, 0.29) is 5.91 Å². The van der Waals surface area contributed by atoms with Crippen molar-refractivity contribution in [2.75, 3.05) is 0 Å². The molecule has 0 bridgehead atoms. The molecule has 1 N–H and O–H groups in total. The van der Waals surface area contributed by atoms with Gasteiger partial charge in [0, 0.05) is 12.2 Å². The molecule has 0 spiro atoms. The fraction of sp³-hybridized carbons (Fsp3) is 0.176. The molecule has 2 heterocycles. The number of carbonyl (C=O) groups excluding carboxylic acids is 1. The van der Waals surface area contributed by atoms with Gasteiger partial charge in [0.05, 0.1) is 20.5 Å². The first-order chi connectivity index (χ1) is 11.2. The van der Waals surface area contributed by atoms with Crippen LogP contribution < -0.4 is 5.32 Å². The van der Waals surface area contributed by atoms with Gasteiger partial charge in [-0.05, 0) is 37.1 Å². The third-order valence-electron chi connectivity index (χ3n) is 3.70. The first-order valence-electron chi connectivity index (χ1n) is 7.42. The van der Waals surface area contributed by atoms with Crippen molar-refractivity contribution in [2.45, 2.75) is 18.9 Å². The van der Waals surface area contributed by atoms with E-state index in [0.717, 1.165) is 23.4 Å². The third-order valence-corrected chi connectivity index (χ3v) is 4.94. The number of amides is 1. The second-order valence-corrected chi connectivity index (χ2v) is 7.24. The second kappa shape index (κ2) is 5.83. The number of rotatable bonds is 4. The zero-order chi connectivity index (χ0) is 15.8. The lowest BCUT2D eigenvalue weighted by atomic mass is 10.2. The Balaban J connectivity index is 1.78. The van der Waals surface area contributed by atoms with Crippen LogP contribution in [0.3, 0.4) is 0 Å². The highest BCUT2D eigenvalue weighted by Crippen LogP contribution is 2.33. The largest absolute Gasteiger partial charge is 0.349 e. The molecular weight excluding hydrogens is 330 g/mol. The van der Waals surface area contributed by atoms with E-state index in [1.54, 1.807) is 10.9 Å². The van der Waals surface area contributed by atoms with Crippen molar-refractivity contribution in [2.24, 2.45) is 0 Å². The fourth-order valence-electron chi connectivity index (χ4n) is 2.37. The molecule has 23 heavy (non-hydrogen) atoms. The van der Waals surface area contributed by atoms with E-state index in [1.165, 1.54) is 11.3 Å². The fourth-order valence-corrected chi connectivity index (χ4v) is 3.41. The molecule has 1 aliphatic rings. The Morgan fingerprint density at radius 3 is 2.65 bits per heavy atom.